The number of carbonyl (C=O) groups excluding carboxylic acids is 2. The fraction of sp³-hybridized carbons (Fsp3) is 0.867. The minimum absolute atomic E-state index is 0.0161. The molecule has 0 aromatic carbocycles. The summed E-state index contributed by atoms with van der Waals surface area (Å²) >= 11 is 0. The monoisotopic (exact) mass is 266 g/mol. The average molecular weight is 266 g/mol. The molecule has 1 unspecified atom stereocenters. The van der Waals surface area contributed by atoms with Gasteiger partial charge in [0.25, 0.3) is 0 Å². The van der Waals surface area contributed by atoms with Gasteiger partial charge < -0.3 is 10.2 Å². The molecule has 2 aliphatic rings. The number of nitrogens with one attached hydrogen (secondary N) is 1. The molecular formula is C15H26N2O2. The second-order valence-electron chi connectivity index (χ2n) is 6.77. The number of nitrogens with zero attached hydrogens (tertiary/aromatic N) is 1. The summed E-state index contributed by atoms with van der Waals surface area (Å²) in [6.07, 6.45) is 5.54. The SMILES string of the molecule is CCC1(C)C(=O)NC(C)(C)C(=O)N1CC1CCCC1. The number of rotatable bonds is 3. The molecule has 19 heavy (non-hydrogen) atoms. The normalized spacial score (nSPS) is 31.7. The molecule has 0 radical (unpaired) electrons. The van der Waals surface area contributed by atoms with Crippen LogP contribution in [-0.4, -0.2) is 34.3 Å². The first-order valence-electron chi connectivity index (χ1n) is 7.46. The summed E-state index contributed by atoms with van der Waals surface area (Å²) in [5, 5.41) is 2.87. The Hall–Kier alpha value is -1.06. The molecule has 0 aromatic heterocycles. The van der Waals surface area contributed by atoms with E-state index in [9.17, 15) is 9.59 Å². The topological polar surface area (TPSA) is 49.4 Å². The van der Waals surface area contributed by atoms with Crippen LogP contribution in [0.1, 0.15) is 59.8 Å². The highest BCUT2D eigenvalue weighted by Crippen LogP contribution is 2.33. The third-order valence-corrected chi connectivity index (χ3v) is 4.89. The van der Waals surface area contributed by atoms with Crippen molar-refractivity contribution in [2.24, 2.45) is 5.92 Å². The Morgan fingerprint density at radius 3 is 2.32 bits per heavy atom. The number of hydrogen-bond acceptors (Lipinski definition) is 2. The van der Waals surface area contributed by atoms with Gasteiger partial charge in [0, 0.05) is 6.54 Å². The largest absolute Gasteiger partial charge is 0.340 e. The van der Waals surface area contributed by atoms with E-state index in [0.29, 0.717) is 12.3 Å². The fourth-order valence-electron chi connectivity index (χ4n) is 3.24. The number of hydrogen-bond donors (Lipinski definition) is 1. The van der Waals surface area contributed by atoms with Crippen LogP contribution in [0.15, 0.2) is 0 Å². The maximum atomic E-state index is 12.7. The molecule has 0 bridgehead atoms. The quantitative estimate of drug-likeness (QED) is 0.850. The van der Waals surface area contributed by atoms with Gasteiger partial charge in [-0.2, -0.15) is 0 Å². The van der Waals surface area contributed by atoms with Crippen molar-refractivity contribution in [3.8, 4) is 0 Å². The molecule has 2 rings (SSSR count). The molecule has 1 aliphatic heterocycles. The lowest BCUT2D eigenvalue weighted by Gasteiger charge is -2.49. The Balaban J connectivity index is 2.26. The van der Waals surface area contributed by atoms with E-state index in [4.69, 9.17) is 0 Å². The third-order valence-electron chi connectivity index (χ3n) is 4.89. The number of piperazine rings is 1. The van der Waals surface area contributed by atoms with Crippen LogP contribution in [0.2, 0.25) is 0 Å². The van der Waals surface area contributed by atoms with Crippen molar-refractivity contribution in [3.05, 3.63) is 0 Å². The molecule has 4 heteroatoms. The van der Waals surface area contributed by atoms with Crippen molar-refractivity contribution >= 4 is 11.8 Å². The summed E-state index contributed by atoms with van der Waals surface area (Å²) in [6, 6.07) is 0. The minimum atomic E-state index is -0.773. The molecule has 1 aliphatic carbocycles. The smallest absolute Gasteiger partial charge is 0.248 e. The predicted molar refractivity (Wildman–Crippen MR) is 74.6 cm³/mol. The second-order valence-corrected chi connectivity index (χ2v) is 6.77. The van der Waals surface area contributed by atoms with Crippen LogP contribution in [0, 0.1) is 5.92 Å². The van der Waals surface area contributed by atoms with Gasteiger partial charge in [0.05, 0.1) is 0 Å². The maximum Gasteiger partial charge on any atom is 0.248 e. The summed E-state index contributed by atoms with van der Waals surface area (Å²) < 4.78 is 0. The van der Waals surface area contributed by atoms with E-state index >= 15 is 0 Å². The van der Waals surface area contributed by atoms with Crippen molar-refractivity contribution in [2.75, 3.05) is 6.54 Å². The fourth-order valence-corrected chi connectivity index (χ4v) is 3.24. The molecule has 4 nitrogen and oxygen atoms in total. The molecule has 1 saturated heterocycles. The molecule has 0 spiro atoms. The Morgan fingerprint density at radius 1 is 1.21 bits per heavy atom. The maximum absolute atomic E-state index is 12.7. The average Bonchev–Trinajstić information content (AvgIpc) is 2.85. The highest BCUT2D eigenvalue weighted by molar-refractivity contribution is 6.01. The van der Waals surface area contributed by atoms with Gasteiger partial charge in [-0.25, -0.2) is 0 Å². The van der Waals surface area contributed by atoms with Crippen LogP contribution in [0.25, 0.3) is 0 Å². The van der Waals surface area contributed by atoms with Crippen molar-refractivity contribution in [1.82, 2.24) is 10.2 Å². The van der Waals surface area contributed by atoms with Gasteiger partial charge in [0.1, 0.15) is 11.1 Å². The van der Waals surface area contributed by atoms with Crippen LogP contribution in [0.3, 0.4) is 0 Å². The van der Waals surface area contributed by atoms with E-state index in [0.717, 1.165) is 6.54 Å². The first-order valence-corrected chi connectivity index (χ1v) is 7.46. The third kappa shape index (κ3) is 2.37. The molecule has 1 saturated carbocycles. The van der Waals surface area contributed by atoms with E-state index in [1.807, 2.05) is 18.7 Å². The van der Waals surface area contributed by atoms with E-state index < -0.39 is 11.1 Å². The van der Waals surface area contributed by atoms with Crippen molar-refractivity contribution in [1.29, 1.82) is 0 Å². The Morgan fingerprint density at radius 2 is 1.79 bits per heavy atom. The Labute approximate surface area is 115 Å². The van der Waals surface area contributed by atoms with Crippen LogP contribution in [0.5, 0.6) is 0 Å². The first kappa shape index (κ1) is 14.4. The predicted octanol–water partition coefficient (Wildman–Crippen LogP) is 2.08. The second kappa shape index (κ2) is 4.80. The first-order chi connectivity index (χ1) is 8.81. The zero-order valence-electron chi connectivity index (χ0n) is 12.6. The molecule has 1 N–H and O–H groups in total. The highest BCUT2D eigenvalue weighted by Gasteiger charge is 2.52. The summed E-state index contributed by atoms with van der Waals surface area (Å²) in [6.45, 7) is 8.20. The zero-order chi connectivity index (χ0) is 14.3. The molecule has 0 aromatic rings. The Bertz CT molecular complexity index is 386. The number of carbonyl (C=O) groups is 2. The molecular weight excluding hydrogens is 240 g/mol. The van der Waals surface area contributed by atoms with Gasteiger partial charge >= 0.3 is 0 Å². The van der Waals surface area contributed by atoms with Crippen molar-refractivity contribution in [2.45, 2.75) is 70.9 Å². The van der Waals surface area contributed by atoms with Gasteiger partial charge in [-0.3, -0.25) is 9.59 Å². The van der Waals surface area contributed by atoms with Gasteiger partial charge in [-0.15, -0.1) is 0 Å². The van der Waals surface area contributed by atoms with Crippen LogP contribution in [0.4, 0.5) is 0 Å². The van der Waals surface area contributed by atoms with Crippen molar-refractivity contribution < 1.29 is 9.59 Å². The molecule has 1 heterocycles. The van der Waals surface area contributed by atoms with E-state index in [-0.39, 0.29) is 11.8 Å². The lowest BCUT2D eigenvalue weighted by Crippen LogP contribution is -2.73. The number of amides is 2. The van der Waals surface area contributed by atoms with Gasteiger partial charge in [-0.05, 0) is 46.0 Å². The summed E-state index contributed by atoms with van der Waals surface area (Å²) in [4.78, 5) is 26.9. The molecule has 108 valence electrons. The van der Waals surface area contributed by atoms with E-state index in [2.05, 4.69) is 5.32 Å². The molecule has 1 atom stereocenters. The van der Waals surface area contributed by atoms with Crippen LogP contribution < -0.4 is 5.32 Å². The van der Waals surface area contributed by atoms with Crippen molar-refractivity contribution in [3.63, 3.8) is 0 Å². The lowest BCUT2D eigenvalue weighted by atomic mass is 9.85. The summed E-state index contributed by atoms with van der Waals surface area (Å²) in [7, 11) is 0. The van der Waals surface area contributed by atoms with Crippen LogP contribution >= 0.6 is 0 Å². The van der Waals surface area contributed by atoms with Gasteiger partial charge in [-0.1, -0.05) is 19.8 Å². The van der Waals surface area contributed by atoms with E-state index in [1.54, 1.807) is 13.8 Å². The standard InChI is InChI=1S/C15H26N2O2/c1-5-15(4)12(18)16-14(2,3)13(19)17(15)10-11-8-6-7-9-11/h11H,5-10H2,1-4H3,(H,16,18). The summed E-state index contributed by atoms with van der Waals surface area (Å²) in [5.74, 6) is 0.609. The summed E-state index contributed by atoms with van der Waals surface area (Å²) in [5.41, 5.74) is -1.46. The molecule has 2 fully saturated rings. The zero-order valence-corrected chi connectivity index (χ0v) is 12.6. The van der Waals surface area contributed by atoms with Gasteiger partial charge in [0.2, 0.25) is 11.8 Å². The minimum Gasteiger partial charge on any atom is -0.340 e. The Kier molecular flexibility index (Phi) is 3.63. The highest BCUT2D eigenvalue weighted by atomic mass is 16.2. The van der Waals surface area contributed by atoms with Gasteiger partial charge in [0.15, 0.2) is 0 Å². The lowest BCUT2D eigenvalue weighted by molar-refractivity contribution is -0.161. The van der Waals surface area contributed by atoms with Crippen LogP contribution in [-0.2, 0) is 9.59 Å². The molecule has 2 amide bonds. The van der Waals surface area contributed by atoms with E-state index in [1.165, 1.54) is 25.7 Å².